The van der Waals surface area contributed by atoms with E-state index in [0.717, 1.165) is 5.75 Å². The monoisotopic (exact) mass is 159 g/mol. The van der Waals surface area contributed by atoms with E-state index in [-0.39, 0.29) is 5.92 Å². The maximum atomic E-state index is 11.3. The summed E-state index contributed by atoms with van der Waals surface area (Å²) in [5, 5.41) is 0. The Kier molecular flexibility index (Phi) is 2.24. The van der Waals surface area contributed by atoms with Gasteiger partial charge in [0.25, 0.3) is 0 Å². The average molecular weight is 159 g/mol. The summed E-state index contributed by atoms with van der Waals surface area (Å²) in [6, 6.07) is 0.349. The topological polar surface area (TPSA) is 20.3 Å². The Morgan fingerprint density at radius 2 is 2.30 bits per heavy atom. The zero-order chi connectivity index (χ0) is 7.72. The molecule has 0 spiro atoms. The van der Waals surface area contributed by atoms with Gasteiger partial charge in [-0.05, 0) is 25.8 Å². The Hall–Kier alpha value is -0.180. The maximum Gasteiger partial charge on any atom is 0.236 e. The van der Waals surface area contributed by atoms with Crippen LogP contribution in [0.3, 0.4) is 0 Å². The lowest BCUT2D eigenvalue weighted by molar-refractivity contribution is -0.128. The standard InChI is InChI=1S/C7H13NOS/c1-5(2)8-7(9)6(3)4-10-8/h5-6H,4H2,1-3H3. The van der Waals surface area contributed by atoms with Gasteiger partial charge in [0.15, 0.2) is 0 Å². The lowest BCUT2D eigenvalue weighted by Crippen LogP contribution is -2.28. The molecular formula is C7H13NOS. The van der Waals surface area contributed by atoms with Gasteiger partial charge in [0.1, 0.15) is 0 Å². The van der Waals surface area contributed by atoms with Gasteiger partial charge in [-0.1, -0.05) is 6.92 Å². The van der Waals surface area contributed by atoms with Crippen molar-refractivity contribution in [3.8, 4) is 0 Å². The minimum absolute atomic E-state index is 0.229. The summed E-state index contributed by atoms with van der Waals surface area (Å²) in [6.07, 6.45) is 0. The van der Waals surface area contributed by atoms with Crippen LogP contribution in [0, 0.1) is 5.92 Å². The third-order valence-electron chi connectivity index (χ3n) is 1.57. The van der Waals surface area contributed by atoms with Gasteiger partial charge in [-0.25, -0.2) is 0 Å². The number of amides is 1. The summed E-state index contributed by atoms with van der Waals surface area (Å²) < 4.78 is 1.87. The zero-order valence-electron chi connectivity index (χ0n) is 6.63. The fourth-order valence-corrected chi connectivity index (χ4v) is 2.08. The molecule has 1 atom stereocenters. The Balaban J connectivity index is 2.57. The molecule has 0 N–H and O–H groups in total. The van der Waals surface area contributed by atoms with Crippen molar-refractivity contribution in [2.45, 2.75) is 26.8 Å². The molecule has 1 saturated heterocycles. The molecule has 0 aromatic carbocycles. The third-order valence-corrected chi connectivity index (χ3v) is 3.10. The molecule has 1 heterocycles. The minimum Gasteiger partial charge on any atom is -0.284 e. The van der Waals surface area contributed by atoms with E-state index in [1.165, 1.54) is 0 Å². The summed E-state index contributed by atoms with van der Waals surface area (Å²) in [7, 11) is 0. The van der Waals surface area contributed by atoms with E-state index in [1.807, 2.05) is 25.1 Å². The molecule has 1 aliphatic rings. The maximum absolute atomic E-state index is 11.3. The molecule has 10 heavy (non-hydrogen) atoms. The van der Waals surface area contributed by atoms with Gasteiger partial charge >= 0.3 is 0 Å². The van der Waals surface area contributed by atoms with Gasteiger partial charge < -0.3 is 0 Å². The van der Waals surface area contributed by atoms with E-state index in [1.54, 1.807) is 11.9 Å². The lowest BCUT2D eigenvalue weighted by atomic mass is 10.2. The van der Waals surface area contributed by atoms with Crippen LogP contribution in [-0.2, 0) is 4.79 Å². The first-order valence-corrected chi connectivity index (χ1v) is 4.53. The fourth-order valence-electron chi connectivity index (χ4n) is 0.948. The molecular weight excluding hydrogens is 146 g/mol. The predicted octanol–water partition coefficient (Wildman–Crippen LogP) is 1.52. The molecule has 0 aliphatic carbocycles. The average Bonchev–Trinajstić information content (AvgIpc) is 2.14. The van der Waals surface area contributed by atoms with Crippen molar-refractivity contribution in [2.75, 3.05) is 5.75 Å². The molecule has 1 aliphatic heterocycles. The third kappa shape index (κ3) is 1.29. The molecule has 1 fully saturated rings. The summed E-state index contributed by atoms with van der Waals surface area (Å²) >= 11 is 1.65. The molecule has 0 aromatic rings. The molecule has 1 amide bonds. The van der Waals surface area contributed by atoms with Gasteiger partial charge in [0.05, 0.1) is 0 Å². The van der Waals surface area contributed by atoms with E-state index < -0.39 is 0 Å². The second kappa shape index (κ2) is 2.82. The molecule has 0 radical (unpaired) electrons. The highest BCUT2D eigenvalue weighted by molar-refractivity contribution is 7.98. The molecule has 0 aromatic heterocycles. The van der Waals surface area contributed by atoms with Crippen molar-refractivity contribution in [3.05, 3.63) is 0 Å². The van der Waals surface area contributed by atoms with Crippen LogP contribution < -0.4 is 0 Å². The molecule has 3 heteroatoms. The molecule has 0 saturated carbocycles. The van der Waals surface area contributed by atoms with Crippen molar-refractivity contribution < 1.29 is 4.79 Å². The molecule has 58 valence electrons. The fraction of sp³-hybridized carbons (Fsp3) is 0.857. The van der Waals surface area contributed by atoms with Crippen LogP contribution in [0.2, 0.25) is 0 Å². The number of carbonyl (C=O) groups excluding carboxylic acids is 1. The van der Waals surface area contributed by atoms with E-state index in [0.29, 0.717) is 11.9 Å². The normalized spacial score (nSPS) is 26.6. The number of carbonyl (C=O) groups is 1. The van der Waals surface area contributed by atoms with Crippen molar-refractivity contribution in [1.29, 1.82) is 0 Å². The number of hydrogen-bond acceptors (Lipinski definition) is 2. The van der Waals surface area contributed by atoms with E-state index in [4.69, 9.17) is 0 Å². The van der Waals surface area contributed by atoms with Gasteiger partial charge in [-0.15, -0.1) is 0 Å². The van der Waals surface area contributed by atoms with Gasteiger partial charge in [0, 0.05) is 17.7 Å². The molecule has 2 nitrogen and oxygen atoms in total. The highest BCUT2D eigenvalue weighted by Crippen LogP contribution is 2.28. The van der Waals surface area contributed by atoms with Gasteiger partial charge in [0.2, 0.25) is 5.91 Å². The lowest BCUT2D eigenvalue weighted by Gasteiger charge is -2.18. The SMILES string of the molecule is CC1CSN(C(C)C)C1=O. The summed E-state index contributed by atoms with van der Waals surface area (Å²) in [4.78, 5) is 11.3. The van der Waals surface area contributed by atoms with Crippen LogP contribution in [0.1, 0.15) is 20.8 Å². The van der Waals surface area contributed by atoms with Crippen LogP contribution in [0.4, 0.5) is 0 Å². The number of hydrogen-bond donors (Lipinski definition) is 0. The van der Waals surface area contributed by atoms with Crippen LogP contribution in [0.25, 0.3) is 0 Å². The van der Waals surface area contributed by atoms with Crippen molar-refractivity contribution in [2.24, 2.45) is 5.92 Å². The number of rotatable bonds is 1. The highest BCUT2D eigenvalue weighted by Gasteiger charge is 2.30. The Morgan fingerprint density at radius 3 is 2.50 bits per heavy atom. The Morgan fingerprint density at radius 1 is 1.70 bits per heavy atom. The largest absolute Gasteiger partial charge is 0.284 e. The molecule has 1 rings (SSSR count). The second-order valence-electron chi connectivity index (χ2n) is 2.95. The smallest absolute Gasteiger partial charge is 0.236 e. The minimum atomic E-state index is 0.229. The Bertz CT molecular complexity index is 147. The quantitative estimate of drug-likeness (QED) is 0.541. The first-order chi connectivity index (χ1) is 4.63. The van der Waals surface area contributed by atoms with E-state index in [2.05, 4.69) is 0 Å². The van der Waals surface area contributed by atoms with Crippen LogP contribution >= 0.6 is 11.9 Å². The predicted molar refractivity (Wildman–Crippen MR) is 43.6 cm³/mol. The van der Waals surface area contributed by atoms with Gasteiger partial charge in [-0.2, -0.15) is 0 Å². The Labute approximate surface area is 66.1 Å². The van der Waals surface area contributed by atoms with Crippen molar-refractivity contribution in [3.63, 3.8) is 0 Å². The van der Waals surface area contributed by atoms with E-state index in [9.17, 15) is 4.79 Å². The first-order valence-electron chi connectivity index (χ1n) is 3.59. The van der Waals surface area contributed by atoms with Crippen molar-refractivity contribution in [1.82, 2.24) is 4.31 Å². The highest BCUT2D eigenvalue weighted by atomic mass is 32.2. The van der Waals surface area contributed by atoms with E-state index >= 15 is 0 Å². The van der Waals surface area contributed by atoms with Crippen LogP contribution in [0.15, 0.2) is 0 Å². The summed E-state index contributed by atoms with van der Waals surface area (Å²) in [6.45, 7) is 6.07. The molecule has 1 unspecified atom stereocenters. The van der Waals surface area contributed by atoms with Crippen LogP contribution in [-0.4, -0.2) is 22.0 Å². The molecule has 0 bridgehead atoms. The van der Waals surface area contributed by atoms with Crippen LogP contribution in [0.5, 0.6) is 0 Å². The first kappa shape index (κ1) is 7.92. The zero-order valence-corrected chi connectivity index (χ0v) is 7.44. The second-order valence-corrected chi connectivity index (χ2v) is 3.94. The van der Waals surface area contributed by atoms with Gasteiger partial charge in [-0.3, -0.25) is 9.10 Å². The number of nitrogens with zero attached hydrogens (tertiary/aromatic N) is 1. The summed E-state index contributed by atoms with van der Waals surface area (Å²) in [5.74, 6) is 1.48. The summed E-state index contributed by atoms with van der Waals surface area (Å²) in [5.41, 5.74) is 0. The van der Waals surface area contributed by atoms with Crippen molar-refractivity contribution >= 4 is 17.9 Å².